The van der Waals surface area contributed by atoms with Gasteiger partial charge in [0.2, 0.25) is 5.91 Å². The van der Waals surface area contributed by atoms with Crippen molar-refractivity contribution >= 4 is 5.91 Å². The molecule has 0 aliphatic carbocycles. The van der Waals surface area contributed by atoms with Gasteiger partial charge < -0.3 is 16.0 Å². The number of piperidine rings is 1. The van der Waals surface area contributed by atoms with E-state index in [1.165, 1.54) is 44.5 Å². The molecule has 1 heterocycles. The minimum Gasteiger partial charge on any atom is -0.366 e. The molecule has 2 rings (SSSR count). The number of hydrogen-bond donors (Lipinski definition) is 2. The summed E-state index contributed by atoms with van der Waals surface area (Å²) in [6.07, 6.45) is 4.10. The molecule has 21 heavy (non-hydrogen) atoms. The molecule has 1 amide bonds. The van der Waals surface area contributed by atoms with Gasteiger partial charge in [0.05, 0.1) is 0 Å². The lowest BCUT2D eigenvalue weighted by Crippen LogP contribution is -2.36. The van der Waals surface area contributed by atoms with Gasteiger partial charge in [0.15, 0.2) is 0 Å². The Morgan fingerprint density at radius 1 is 1.24 bits per heavy atom. The third-order valence-electron chi connectivity index (χ3n) is 4.08. The highest BCUT2D eigenvalue weighted by atomic mass is 16.1. The van der Waals surface area contributed by atoms with Crippen LogP contribution >= 0.6 is 0 Å². The van der Waals surface area contributed by atoms with E-state index in [1.807, 2.05) is 12.1 Å². The van der Waals surface area contributed by atoms with E-state index in [4.69, 9.17) is 5.73 Å². The molecule has 1 aliphatic rings. The maximum absolute atomic E-state index is 11.0. The summed E-state index contributed by atoms with van der Waals surface area (Å²) in [6, 6.07) is 7.50. The molecule has 1 atom stereocenters. The van der Waals surface area contributed by atoms with Crippen molar-refractivity contribution in [3.63, 3.8) is 0 Å². The maximum Gasteiger partial charge on any atom is 0.248 e. The van der Waals surface area contributed by atoms with Crippen LogP contribution in [0.25, 0.3) is 0 Å². The Morgan fingerprint density at radius 2 is 1.90 bits per heavy atom. The van der Waals surface area contributed by atoms with Gasteiger partial charge in [-0.1, -0.05) is 25.5 Å². The summed E-state index contributed by atoms with van der Waals surface area (Å²) in [5.74, 6) is 0.289. The summed E-state index contributed by atoms with van der Waals surface area (Å²) in [4.78, 5) is 13.6. The van der Waals surface area contributed by atoms with Gasteiger partial charge in [0.25, 0.3) is 0 Å². The minimum atomic E-state index is -0.371. The summed E-state index contributed by atoms with van der Waals surface area (Å²) in [7, 11) is 0. The van der Waals surface area contributed by atoms with Crippen LogP contribution in [0.3, 0.4) is 0 Å². The zero-order valence-corrected chi connectivity index (χ0v) is 13.0. The van der Waals surface area contributed by atoms with Crippen molar-refractivity contribution in [2.24, 2.45) is 11.7 Å². The summed E-state index contributed by atoms with van der Waals surface area (Å²) < 4.78 is 0. The Morgan fingerprint density at radius 3 is 2.52 bits per heavy atom. The van der Waals surface area contributed by atoms with Crippen molar-refractivity contribution < 1.29 is 4.79 Å². The molecule has 1 saturated heterocycles. The first-order valence-corrected chi connectivity index (χ1v) is 7.97. The molecular formula is C17H27N3O. The molecule has 1 aromatic carbocycles. The molecule has 1 aromatic rings. The summed E-state index contributed by atoms with van der Waals surface area (Å²) in [6.45, 7) is 7.88. The number of likely N-dealkylation sites (tertiary alicyclic amines) is 1. The smallest absolute Gasteiger partial charge is 0.248 e. The molecule has 4 heteroatoms. The number of rotatable bonds is 7. The van der Waals surface area contributed by atoms with Crippen LogP contribution in [0.2, 0.25) is 0 Å². The molecule has 0 spiro atoms. The first-order valence-electron chi connectivity index (χ1n) is 7.97. The minimum absolute atomic E-state index is 0.371. The number of nitrogens with two attached hydrogens (primary N) is 1. The Bertz CT molecular complexity index is 438. The van der Waals surface area contributed by atoms with Crippen LogP contribution < -0.4 is 11.1 Å². The Kier molecular flexibility index (Phi) is 6.21. The van der Waals surface area contributed by atoms with Crippen molar-refractivity contribution in [1.29, 1.82) is 0 Å². The fraction of sp³-hybridized carbons (Fsp3) is 0.588. The van der Waals surface area contributed by atoms with Crippen LogP contribution in [0.1, 0.15) is 42.1 Å². The molecule has 0 aromatic heterocycles. The van der Waals surface area contributed by atoms with E-state index < -0.39 is 0 Å². The van der Waals surface area contributed by atoms with Gasteiger partial charge in [-0.2, -0.15) is 0 Å². The number of nitrogens with one attached hydrogen (secondary N) is 1. The first-order chi connectivity index (χ1) is 10.1. The van der Waals surface area contributed by atoms with Gasteiger partial charge in [0.1, 0.15) is 0 Å². The van der Waals surface area contributed by atoms with Gasteiger partial charge in [-0.05, 0) is 56.1 Å². The highest BCUT2D eigenvalue weighted by Gasteiger charge is 2.13. The maximum atomic E-state index is 11.0. The highest BCUT2D eigenvalue weighted by molar-refractivity contribution is 5.92. The van der Waals surface area contributed by atoms with E-state index in [9.17, 15) is 4.79 Å². The molecule has 0 radical (unpaired) electrons. The molecular weight excluding hydrogens is 262 g/mol. The standard InChI is InChI=1S/C17H27N3O/c1-14(13-20-9-3-2-4-10-20)11-19-12-15-5-7-16(8-6-15)17(18)21/h5-8,14,19H,2-4,9-13H2,1H3,(H2,18,21). The molecule has 4 nitrogen and oxygen atoms in total. The topological polar surface area (TPSA) is 58.4 Å². The monoisotopic (exact) mass is 289 g/mol. The van der Waals surface area contributed by atoms with Gasteiger partial charge >= 0.3 is 0 Å². The van der Waals surface area contributed by atoms with Gasteiger partial charge in [-0.25, -0.2) is 0 Å². The number of carbonyl (C=O) groups excluding carboxylic acids is 1. The number of nitrogens with zero attached hydrogens (tertiary/aromatic N) is 1. The van der Waals surface area contributed by atoms with E-state index >= 15 is 0 Å². The number of benzene rings is 1. The van der Waals surface area contributed by atoms with Crippen LogP contribution in [0.4, 0.5) is 0 Å². The SMILES string of the molecule is CC(CNCc1ccc(C(N)=O)cc1)CN1CCCCC1. The Balaban J connectivity index is 1.67. The second-order valence-electron chi connectivity index (χ2n) is 6.16. The van der Waals surface area contributed by atoms with Crippen molar-refractivity contribution in [3.8, 4) is 0 Å². The second-order valence-corrected chi connectivity index (χ2v) is 6.16. The molecule has 116 valence electrons. The largest absolute Gasteiger partial charge is 0.366 e. The molecule has 3 N–H and O–H groups in total. The molecule has 0 bridgehead atoms. The predicted octanol–water partition coefficient (Wildman–Crippen LogP) is 2.00. The summed E-state index contributed by atoms with van der Waals surface area (Å²) in [5, 5.41) is 3.50. The van der Waals surface area contributed by atoms with Crippen LogP contribution in [-0.4, -0.2) is 37.0 Å². The lowest BCUT2D eigenvalue weighted by atomic mass is 10.1. The van der Waals surface area contributed by atoms with Crippen LogP contribution in [-0.2, 0) is 6.54 Å². The Labute approximate surface area is 127 Å². The number of hydrogen-bond acceptors (Lipinski definition) is 3. The van der Waals surface area contributed by atoms with E-state index in [1.54, 1.807) is 12.1 Å². The van der Waals surface area contributed by atoms with Crippen LogP contribution in [0, 0.1) is 5.92 Å². The zero-order valence-electron chi connectivity index (χ0n) is 13.0. The van der Waals surface area contributed by atoms with Crippen molar-refractivity contribution in [1.82, 2.24) is 10.2 Å². The van der Waals surface area contributed by atoms with Crippen molar-refractivity contribution in [2.75, 3.05) is 26.2 Å². The molecule has 1 aliphatic heterocycles. The fourth-order valence-corrected chi connectivity index (χ4v) is 2.90. The lowest BCUT2D eigenvalue weighted by molar-refractivity contribution is 0.100. The predicted molar refractivity (Wildman–Crippen MR) is 86.1 cm³/mol. The first kappa shape index (κ1) is 16.0. The fourth-order valence-electron chi connectivity index (χ4n) is 2.90. The highest BCUT2D eigenvalue weighted by Crippen LogP contribution is 2.10. The van der Waals surface area contributed by atoms with Crippen molar-refractivity contribution in [3.05, 3.63) is 35.4 Å². The normalized spacial score (nSPS) is 17.6. The average molecular weight is 289 g/mol. The molecule has 1 fully saturated rings. The van der Waals surface area contributed by atoms with E-state index in [0.717, 1.165) is 13.1 Å². The van der Waals surface area contributed by atoms with Gasteiger partial charge in [0, 0.05) is 18.7 Å². The molecule has 0 saturated carbocycles. The lowest BCUT2D eigenvalue weighted by Gasteiger charge is -2.29. The number of primary amides is 1. The summed E-state index contributed by atoms with van der Waals surface area (Å²) in [5.41, 5.74) is 6.99. The van der Waals surface area contributed by atoms with Crippen LogP contribution in [0.15, 0.2) is 24.3 Å². The van der Waals surface area contributed by atoms with E-state index in [2.05, 4.69) is 17.1 Å². The zero-order chi connectivity index (χ0) is 15.1. The third-order valence-corrected chi connectivity index (χ3v) is 4.08. The quantitative estimate of drug-likeness (QED) is 0.807. The second kappa shape index (κ2) is 8.15. The van der Waals surface area contributed by atoms with E-state index in [0.29, 0.717) is 11.5 Å². The van der Waals surface area contributed by atoms with Crippen molar-refractivity contribution in [2.45, 2.75) is 32.7 Å². The van der Waals surface area contributed by atoms with Crippen LogP contribution in [0.5, 0.6) is 0 Å². The van der Waals surface area contributed by atoms with Gasteiger partial charge in [-0.15, -0.1) is 0 Å². The average Bonchev–Trinajstić information content (AvgIpc) is 2.49. The number of carbonyl (C=O) groups is 1. The Hall–Kier alpha value is -1.39. The number of amides is 1. The van der Waals surface area contributed by atoms with Gasteiger partial charge in [-0.3, -0.25) is 4.79 Å². The third kappa shape index (κ3) is 5.48. The molecule has 1 unspecified atom stereocenters. The summed E-state index contributed by atoms with van der Waals surface area (Å²) >= 11 is 0. The van der Waals surface area contributed by atoms with E-state index in [-0.39, 0.29) is 5.91 Å².